The van der Waals surface area contributed by atoms with Crippen molar-refractivity contribution in [3.63, 3.8) is 0 Å². The third-order valence-corrected chi connectivity index (χ3v) is 4.66. The van der Waals surface area contributed by atoms with Crippen LogP contribution in [0.1, 0.15) is 39.9 Å². The minimum absolute atomic E-state index is 0.0440. The van der Waals surface area contributed by atoms with Crippen molar-refractivity contribution in [2.24, 2.45) is 0 Å². The fourth-order valence-electron chi connectivity index (χ4n) is 1.65. The average Bonchev–Trinajstić information content (AvgIpc) is 2.73. The van der Waals surface area contributed by atoms with E-state index in [0.29, 0.717) is 19.5 Å². The van der Waals surface area contributed by atoms with E-state index < -0.39 is 9.84 Å². The average molecular weight is 287 g/mol. The molecule has 19 heavy (non-hydrogen) atoms. The first-order chi connectivity index (χ1) is 8.73. The van der Waals surface area contributed by atoms with Crippen LogP contribution in [0.25, 0.3) is 0 Å². The van der Waals surface area contributed by atoms with Crippen LogP contribution in [0.4, 0.5) is 0 Å². The van der Waals surface area contributed by atoms with Gasteiger partial charge in [0.05, 0.1) is 12.3 Å². The molecule has 1 aromatic rings. The molecule has 1 aromatic heterocycles. The number of hydrogen-bond donors (Lipinski definition) is 1. The molecule has 0 aliphatic carbocycles. The molecule has 0 atom stereocenters. The van der Waals surface area contributed by atoms with E-state index in [2.05, 4.69) is 31.1 Å². The fraction of sp³-hybridized carbons (Fsp3) is 0.769. The Bertz CT molecular complexity index is 486. The molecule has 0 fully saturated rings. The van der Waals surface area contributed by atoms with Crippen LogP contribution in [-0.4, -0.2) is 35.0 Å². The van der Waals surface area contributed by atoms with Crippen molar-refractivity contribution < 1.29 is 8.42 Å². The van der Waals surface area contributed by atoms with E-state index in [9.17, 15) is 8.42 Å². The smallest absolute Gasteiger partial charge is 0.150 e. The monoisotopic (exact) mass is 287 g/mol. The van der Waals surface area contributed by atoms with Crippen molar-refractivity contribution in [1.82, 2.24) is 14.9 Å². The van der Waals surface area contributed by atoms with Crippen LogP contribution in [0, 0.1) is 0 Å². The van der Waals surface area contributed by atoms with Gasteiger partial charge in [-0.15, -0.1) is 0 Å². The summed E-state index contributed by atoms with van der Waals surface area (Å²) in [6, 6.07) is 0. The molecule has 0 aliphatic heterocycles. The molecule has 0 radical (unpaired) electrons. The lowest BCUT2D eigenvalue weighted by Gasteiger charge is -2.20. The van der Waals surface area contributed by atoms with E-state index in [4.69, 9.17) is 0 Å². The van der Waals surface area contributed by atoms with Crippen LogP contribution in [0.15, 0.2) is 12.4 Å². The van der Waals surface area contributed by atoms with E-state index in [0.717, 1.165) is 5.82 Å². The van der Waals surface area contributed by atoms with Gasteiger partial charge in [0.1, 0.15) is 15.7 Å². The first-order valence-corrected chi connectivity index (χ1v) is 8.51. The minimum atomic E-state index is -2.87. The van der Waals surface area contributed by atoms with E-state index >= 15 is 0 Å². The van der Waals surface area contributed by atoms with Crippen molar-refractivity contribution in [1.29, 1.82) is 0 Å². The molecule has 1 heterocycles. The number of hydrogen-bond acceptors (Lipinski definition) is 4. The van der Waals surface area contributed by atoms with Crippen LogP contribution in [0.3, 0.4) is 0 Å². The molecule has 5 nitrogen and oxygen atoms in total. The largest absolute Gasteiger partial charge is 0.334 e. The van der Waals surface area contributed by atoms with Crippen LogP contribution >= 0.6 is 0 Å². The second-order valence-electron chi connectivity index (χ2n) is 5.73. The summed E-state index contributed by atoms with van der Waals surface area (Å²) in [4.78, 5) is 4.31. The van der Waals surface area contributed by atoms with Crippen LogP contribution < -0.4 is 5.32 Å². The maximum Gasteiger partial charge on any atom is 0.150 e. The Kier molecular flexibility index (Phi) is 5.55. The molecule has 0 saturated carbocycles. The molecule has 0 spiro atoms. The number of nitrogens with zero attached hydrogens (tertiary/aromatic N) is 2. The van der Waals surface area contributed by atoms with Crippen LogP contribution in [0.5, 0.6) is 0 Å². The van der Waals surface area contributed by atoms with Crippen molar-refractivity contribution in [3.05, 3.63) is 18.2 Å². The van der Waals surface area contributed by atoms with Gasteiger partial charge in [-0.25, -0.2) is 13.4 Å². The lowest BCUT2D eigenvalue weighted by molar-refractivity contribution is 0.411. The molecule has 0 unspecified atom stereocenters. The highest BCUT2D eigenvalue weighted by Gasteiger charge is 2.12. The Morgan fingerprint density at radius 3 is 2.63 bits per heavy atom. The fourth-order valence-corrected chi connectivity index (χ4v) is 2.51. The van der Waals surface area contributed by atoms with Gasteiger partial charge in [0.25, 0.3) is 0 Å². The Morgan fingerprint density at radius 2 is 2.05 bits per heavy atom. The van der Waals surface area contributed by atoms with Crippen LogP contribution in [-0.2, 0) is 22.9 Å². The SMILES string of the molecule is CCS(=O)(=O)CCCn1ccnc1CNC(C)(C)C. The molecule has 0 saturated heterocycles. The van der Waals surface area contributed by atoms with Gasteiger partial charge in [0.2, 0.25) is 0 Å². The lowest BCUT2D eigenvalue weighted by atomic mass is 10.1. The van der Waals surface area contributed by atoms with Gasteiger partial charge in [-0.3, -0.25) is 0 Å². The highest BCUT2D eigenvalue weighted by Crippen LogP contribution is 2.05. The second-order valence-corrected chi connectivity index (χ2v) is 8.20. The number of nitrogens with one attached hydrogen (secondary N) is 1. The summed E-state index contributed by atoms with van der Waals surface area (Å²) in [5.41, 5.74) is 0.0440. The number of sulfone groups is 1. The summed E-state index contributed by atoms with van der Waals surface area (Å²) in [5.74, 6) is 1.41. The summed E-state index contributed by atoms with van der Waals surface area (Å²) in [5, 5.41) is 3.38. The zero-order chi connectivity index (χ0) is 14.5. The Morgan fingerprint density at radius 1 is 1.37 bits per heavy atom. The number of aryl methyl sites for hydroxylation is 1. The topological polar surface area (TPSA) is 64.0 Å². The van der Waals surface area contributed by atoms with Crippen LogP contribution in [0.2, 0.25) is 0 Å². The number of rotatable bonds is 7. The van der Waals surface area contributed by atoms with Crippen molar-refractivity contribution in [2.75, 3.05) is 11.5 Å². The predicted molar refractivity (Wildman–Crippen MR) is 77.8 cm³/mol. The summed E-state index contributed by atoms with van der Waals surface area (Å²) in [6.07, 6.45) is 4.29. The molecular weight excluding hydrogens is 262 g/mol. The zero-order valence-electron chi connectivity index (χ0n) is 12.3. The van der Waals surface area contributed by atoms with Crippen molar-refractivity contribution in [2.45, 2.75) is 52.7 Å². The molecule has 0 amide bonds. The standard InChI is InChI=1S/C13H25N3O2S/c1-5-19(17,18)10-6-8-16-9-7-14-12(16)11-15-13(2,3)4/h7,9,15H,5-6,8,10-11H2,1-4H3. The molecule has 6 heteroatoms. The van der Waals surface area contributed by atoms with E-state index in [1.807, 2.05) is 10.8 Å². The molecule has 1 N–H and O–H groups in total. The number of imidazole rings is 1. The summed E-state index contributed by atoms with van der Waals surface area (Å²) in [7, 11) is -2.87. The van der Waals surface area contributed by atoms with Gasteiger partial charge in [0.15, 0.2) is 0 Å². The van der Waals surface area contributed by atoms with Gasteiger partial charge in [0, 0.05) is 30.2 Å². The van der Waals surface area contributed by atoms with Gasteiger partial charge in [-0.2, -0.15) is 0 Å². The van der Waals surface area contributed by atoms with Gasteiger partial charge in [-0.05, 0) is 27.2 Å². The summed E-state index contributed by atoms with van der Waals surface area (Å²) >= 11 is 0. The molecule has 0 bridgehead atoms. The summed E-state index contributed by atoms with van der Waals surface area (Å²) < 4.78 is 24.9. The molecule has 0 aromatic carbocycles. The third-order valence-electron chi connectivity index (χ3n) is 2.87. The maximum atomic E-state index is 11.4. The normalized spacial score (nSPS) is 12.8. The van der Waals surface area contributed by atoms with Gasteiger partial charge in [-0.1, -0.05) is 6.92 Å². The Balaban J connectivity index is 2.49. The highest BCUT2D eigenvalue weighted by atomic mass is 32.2. The van der Waals surface area contributed by atoms with Gasteiger partial charge >= 0.3 is 0 Å². The third kappa shape index (κ3) is 6.20. The maximum absolute atomic E-state index is 11.4. The van der Waals surface area contributed by atoms with Crippen molar-refractivity contribution in [3.8, 4) is 0 Å². The quantitative estimate of drug-likeness (QED) is 0.827. The van der Waals surface area contributed by atoms with Crippen molar-refractivity contribution >= 4 is 9.84 Å². The first kappa shape index (κ1) is 16.2. The second kappa shape index (κ2) is 6.52. The molecule has 1 rings (SSSR count). The molecule has 110 valence electrons. The predicted octanol–water partition coefficient (Wildman–Crippen LogP) is 1.60. The lowest BCUT2D eigenvalue weighted by Crippen LogP contribution is -2.36. The first-order valence-electron chi connectivity index (χ1n) is 6.69. The summed E-state index contributed by atoms with van der Waals surface area (Å²) in [6.45, 7) is 9.39. The van der Waals surface area contributed by atoms with Gasteiger partial charge < -0.3 is 9.88 Å². The Labute approximate surface area is 116 Å². The van der Waals surface area contributed by atoms with E-state index in [1.54, 1.807) is 13.1 Å². The minimum Gasteiger partial charge on any atom is -0.334 e. The zero-order valence-corrected chi connectivity index (χ0v) is 13.1. The number of aromatic nitrogens is 2. The van der Waals surface area contributed by atoms with E-state index in [1.165, 1.54) is 0 Å². The Hall–Kier alpha value is -0.880. The molecule has 0 aliphatic rings. The van der Waals surface area contributed by atoms with E-state index in [-0.39, 0.29) is 17.0 Å². The highest BCUT2D eigenvalue weighted by molar-refractivity contribution is 7.91. The molecular formula is C13H25N3O2S.